The molecule has 2 fully saturated rings. The van der Waals surface area contributed by atoms with Crippen molar-refractivity contribution in [1.29, 1.82) is 0 Å². The fraction of sp³-hybridized carbons (Fsp3) is 0.500. The summed E-state index contributed by atoms with van der Waals surface area (Å²) in [7, 11) is 0. The Morgan fingerprint density at radius 3 is 2.36 bits per heavy atom. The number of hydrogen-bond donors (Lipinski definition) is 1. The quantitative estimate of drug-likeness (QED) is 0.199. The minimum atomic E-state index is -0.726. The molecule has 3 unspecified atom stereocenters. The van der Waals surface area contributed by atoms with Crippen LogP contribution < -0.4 is 14.8 Å². The number of benzene rings is 2. The number of carbonyl (C=O) groups is 3. The smallest absolute Gasteiger partial charge is 0.336 e. The van der Waals surface area contributed by atoms with Crippen molar-refractivity contribution in [1.82, 2.24) is 9.80 Å². The highest BCUT2D eigenvalue weighted by molar-refractivity contribution is 6.03. The predicted octanol–water partition coefficient (Wildman–Crippen LogP) is 6.06. The number of fused-ring (bicyclic) bond motifs is 3. The number of ether oxygens (including phenoxy) is 2. The van der Waals surface area contributed by atoms with E-state index in [9.17, 15) is 14.4 Å². The van der Waals surface area contributed by atoms with Gasteiger partial charge >= 0.3 is 11.9 Å². The van der Waals surface area contributed by atoms with Crippen LogP contribution in [-0.4, -0.2) is 59.4 Å². The first-order valence-corrected chi connectivity index (χ1v) is 15.6. The summed E-state index contributed by atoms with van der Waals surface area (Å²) in [6.07, 6.45) is 11.1. The summed E-state index contributed by atoms with van der Waals surface area (Å²) in [5.74, 6) is -1.64. The van der Waals surface area contributed by atoms with Gasteiger partial charge in [0.15, 0.2) is 11.5 Å². The summed E-state index contributed by atoms with van der Waals surface area (Å²) in [6.45, 7) is 8.11. The van der Waals surface area contributed by atoms with Crippen molar-refractivity contribution in [3.8, 4) is 11.5 Å². The monoisotopic (exact) mass is 573 g/mol. The van der Waals surface area contributed by atoms with E-state index in [0.717, 1.165) is 44.4 Å². The van der Waals surface area contributed by atoms with Crippen LogP contribution >= 0.6 is 0 Å². The van der Waals surface area contributed by atoms with Crippen LogP contribution in [-0.2, 0) is 15.1 Å². The van der Waals surface area contributed by atoms with E-state index in [1.54, 1.807) is 17.0 Å². The van der Waals surface area contributed by atoms with Gasteiger partial charge in [0.2, 0.25) is 0 Å². The topological polar surface area (TPSA) is 88.2 Å². The second-order valence-corrected chi connectivity index (χ2v) is 11.6. The third kappa shape index (κ3) is 5.95. The van der Waals surface area contributed by atoms with Crippen molar-refractivity contribution in [3.63, 3.8) is 0 Å². The predicted molar refractivity (Wildman–Crippen MR) is 163 cm³/mol. The van der Waals surface area contributed by atoms with E-state index in [-0.39, 0.29) is 34.6 Å². The largest absolute Gasteiger partial charge is 0.418 e. The van der Waals surface area contributed by atoms with Gasteiger partial charge in [0, 0.05) is 42.9 Å². The van der Waals surface area contributed by atoms with Gasteiger partial charge in [0.25, 0.3) is 5.91 Å². The molecule has 0 spiro atoms. The Morgan fingerprint density at radius 1 is 0.952 bits per heavy atom. The molecule has 0 saturated carbocycles. The number of esters is 2. The molecule has 3 aliphatic heterocycles. The molecular weight excluding hydrogens is 530 g/mol. The zero-order chi connectivity index (χ0) is 29.7. The minimum Gasteiger partial charge on any atom is -0.418 e. The summed E-state index contributed by atoms with van der Waals surface area (Å²) in [5, 5.41) is 3.66. The average Bonchev–Trinajstić information content (AvgIpc) is 3.21. The number of nitrogens with zero attached hydrogens (tertiary/aromatic N) is 2. The van der Waals surface area contributed by atoms with E-state index in [4.69, 9.17) is 9.47 Å². The van der Waals surface area contributed by atoms with E-state index in [2.05, 4.69) is 47.5 Å². The maximum absolute atomic E-state index is 13.4. The van der Waals surface area contributed by atoms with Gasteiger partial charge in [0.05, 0.1) is 11.3 Å². The molecule has 0 aromatic heterocycles. The fourth-order valence-electron chi connectivity index (χ4n) is 7.08. The summed E-state index contributed by atoms with van der Waals surface area (Å²) >= 11 is 0. The summed E-state index contributed by atoms with van der Waals surface area (Å²) < 4.78 is 11.4. The van der Waals surface area contributed by atoms with Crippen LogP contribution in [0.4, 0.5) is 5.69 Å². The molecule has 8 nitrogen and oxygen atoms in total. The van der Waals surface area contributed by atoms with Crippen LogP contribution in [0.3, 0.4) is 0 Å². The van der Waals surface area contributed by atoms with E-state index >= 15 is 0 Å². The minimum absolute atomic E-state index is 0.0197. The molecule has 2 aromatic rings. The Balaban J connectivity index is 1.48. The van der Waals surface area contributed by atoms with E-state index in [0.29, 0.717) is 24.8 Å². The molecule has 42 heavy (non-hydrogen) atoms. The Labute approximate surface area is 249 Å². The van der Waals surface area contributed by atoms with E-state index in [1.807, 2.05) is 13.8 Å². The summed E-state index contributed by atoms with van der Waals surface area (Å²) in [4.78, 5) is 42.9. The molecule has 2 aromatic carbocycles. The Kier molecular flexibility index (Phi) is 9.31. The Bertz CT molecular complexity index is 1320. The normalized spacial score (nSPS) is 24.2. The molecule has 8 heteroatoms. The Hall–Kier alpha value is -3.65. The first kappa shape index (κ1) is 29.8. The van der Waals surface area contributed by atoms with Gasteiger partial charge in [-0.1, -0.05) is 56.5 Å². The average molecular weight is 574 g/mol. The lowest BCUT2D eigenvalue weighted by Gasteiger charge is -2.49. The molecule has 3 atom stereocenters. The number of rotatable bonds is 11. The molecule has 0 aliphatic carbocycles. The van der Waals surface area contributed by atoms with E-state index in [1.165, 1.54) is 31.2 Å². The molecule has 1 N–H and O–H groups in total. The van der Waals surface area contributed by atoms with Crippen LogP contribution in [0.25, 0.3) is 0 Å². The van der Waals surface area contributed by atoms with Gasteiger partial charge in [-0.15, -0.1) is 0 Å². The molecule has 3 heterocycles. The molecule has 5 rings (SSSR count). The van der Waals surface area contributed by atoms with Gasteiger partial charge in [0.1, 0.15) is 0 Å². The van der Waals surface area contributed by atoms with Crippen LogP contribution in [0.15, 0.2) is 54.6 Å². The zero-order valence-electron chi connectivity index (χ0n) is 25.1. The molecule has 3 aliphatic rings. The highest BCUT2D eigenvalue weighted by atomic mass is 16.6. The maximum Gasteiger partial charge on any atom is 0.336 e. The third-order valence-corrected chi connectivity index (χ3v) is 9.10. The molecular formula is C34H43N3O5. The number of piperidine rings is 1. The standard InChI is InChI=1S/C34H43N3O5/c1-4-7-8-12-21-37-26-19-20-34(37,24-13-10-9-11-14-24)23-25(22-26)35-28-16-15-27(33(40)36(5-2)6-3)31-32(28)42-30(39)18-17-29(38)41-31/h9-11,13-18,25-26,35H,4-8,12,19-23H2,1-3H3/b18-17+. The van der Waals surface area contributed by atoms with Gasteiger partial charge in [-0.25, -0.2) is 9.59 Å². The van der Waals surface area contributed by atoms with Crippen LogP contribution in [0.5, 0.6) is 11.5 Å². The zero-order valence-corrected chi connectivity index (χ0v) is 25.1. The maximum atomic E-state index is 13.4. The van der Waals surface area contributed by atoms with Crippen molar-refractivity contribution in [2.24, 2.45) is 0 Å². The van der Waals surface area contributed by atoms with Gasteiger partial charge < -0.3 is 19.7 Å². The number of hydrogen-bond acceptors (Lipinski definition) is 7. The molecule has 1 amide bonds. The lowest BCUT2D eigenvalue weighted by atomic mass is 9.79. The first-order valence-electron chi connectivity index (χ1n) is 15.6. The van der Waals surface area contributed by atoms with Gasteiger partial charge in [-0.3, -0.25) is 9.69 Å². The second kappa shape index (κ2) is 13.1. The highest BCUT2D eigenvalue weighted by Gasteiger charge is 2.52. The fourth-order valence-corrected chi connectivity index (χ4v) is 7.08. The third-order valence-electron chi connectivity index (χ3n) is 9.10. The van der Waals surface area contributed by atoms with Crippen molar-refractivity contribution < 1.29 is 23.9 Å². The van der Waals surface area contributed by atoms with Crippen molar-refractivity contribution in [2.75, 3.05) is 25.0 Å². The van der Waals surface area contributed by atoms with Crippen molar-refractivity contribution in [3.05, 3.63) is 65.7 Å². The number of unbranched alkanes of at least 4 members (excludes halogenated alkanes) is 3. The van der Waals surface area contributed by atoms with E-state index < -0.39 is 11.9 Å². The molecule has 2 saturated heterocycles. The second-order valence-electron chi connectivity index (χ2n) is 11.6. The van der Waals surface area contributed by atoms with Crippen molar-refractivity contribution in [2.45, 2.75) is 89.8 Å². The number of carbonyl (C=O) groups excluding carboxylic acids is 3. The lowest BCUT2D eigenvalue weighted by Crippen LogP contribution is -2.53. The molecule has 224 valence electrons. The van der Waals surface area contributed by atoms with Gasteiger partial charge in [-0.2, -0.15) is 0 Å². The molecule has 2 bridgehead atoms. The number of nitrogens with one attached hydrogen (secondary N) is 1. The van der Waals surface area contributed by atoms with Crippen molar-refractivity contribution >= 4 is 23.5 Å². The lowest BCUT2D eigenvalue weighted by molar-refractivity contribution is -0.133. The first-order chi connectivity index (χ1) is 20.4. The molecule has 0 radical (unpaired) electrons. The van der Waals surface area contributed by atoms with Crippen LogP contribution in [0, 0.1) is 0 Å². The van der Waals surface area contributed by atoms with Crippen LogP contribution in [0.1, 0.15) is 88.1 Å². The highest BCUT2D eigenvalue weighted by Crippen LogP contribution is 2.52. The summed E-state index contributed by atoms with van der Waals surface area (Å²) in [6, 6.07) is 14.8. The Morgan fingerprint density at radius 2 is 1.67 bits per heavy atom. The summed E-state index contributed by atoms with van der Waals surface area (Å²) in [5.41, 5.74) is 2.00. The number of amides is 1. The van der Waals surface area contributed by atoms with Gasteiger partial charge in [-0.05, 0) is 70.2 Å². The van der Waals surface area contributed by atoms with Crippen LogP contribution in [0.2, 0.25) is 0 Å². The number of anilines is 1. The SMILES string of the molecule is CCCCCCN1C2CCC1(c1ccccc1)CC(Nc1ccc(C(=O)N(CC)CC)c3c1OC(=O)/C=C/C(=O)O3)C2.